The molecule has 1 aliphatic heterocycles. The second-order valence-corrected chi connectivity index (χ2v) is 8.34. The smallest absolute Gasteiger partial charge is 0.323 e. The average molecular weight is 476 g/mol. The van der Waals surface area contributed by atoms with Crippen molar-refractivity contribution in [1.29, 1.82) is 0 Å². The van der Waals surface area contributed by atoms with Gasteiger partial charge in [0.05, 0.1) is 5.02 Å². The van der Waals surface area contributed by atoms with Gasteiger partial charge in [-0.15, -0.1) is 0 Å². The number of para-hydroxylation sites is 1. The minimum absolute atomic E-state index is 0.159. The van der Waals surface area contributed by atoms with Crippen LogP contribution in [0, 0.1) is 0 Å². The Morgan fingerprint density at radius 2 is 1.85 bits per heavy atom. The van der Waals surface area contributed by atoms with Crippen molar-refractivity contribution in [2.75, 3.05) is 6.54 Å². The minimum atomic E-state index is -0.235. The van der Waals surface area contributed by atoms with Gasteiger partial charge in [0.25, 0.3) is 5.89 Å². The molecule has 0 saturated carbocycles. The van der Waals surface area contributed by atoms with Crippen LogP contribution in [0.15, 0.2) is 77.3 Å². The van der Waals surface area contributed by atoms with Gasteiger partial charge in [0, 0.05) is 11.1 Å². The number of ether oxygens (including phenoxy) is 2. The van der Waals surface area contributed by atoms with Crippen LogP contribution in [0.4, 0.5) is 0 Å². The van der Waals surface area contributed by atoms with Crippen molar-refractivity contribution in [1.82, 2.24) is 15.5 Å². The number of aromatic nitrogens is 2. The molecule has 3 aromatic carbocycles. The summed E-state index contributed by atoms with van der Waals surface area (Å²) < 4.78 is 16.7. The Bertz CT molecular complexity index is 1270. The number of nitrogens with zero attached hydrogens (tertiary/aromatic N) is 2. The number of rotatable bonds is 7. The van der Waals surface area contributed by atoms with Crippen LogP contribution in [0.2, 0.25) is 5.02 Å². The third-order valence-corrected chi connectivity index (χ3v) is 5.82. The maximum absolute atomic E-state index is 12.1. The van der Waals surface area contributed by atoms with Crippen LogP contribution in [0.1, 0.15) is 18.4 Å². The summed E-state index contributed by atoms with van der Waals surface area (Å²) in [5.74, 6) is 1.99. The van der Waals surface area contributed by atoms with Crippen LogP contribution in [-0.2, 0) is 16.1 Å². The number of hydrogen-bond donors (Lipinski definition) is 1. The molecule has 4 aromatic rings. The summed E-state index contributed by atoms with van der Waals surface area (Å²) in [5, 5.41) is 7.65. The van der Waals surface area contributed by atoms with Crippen LogP contribution in [-0.4, -0.2) is 28.7 Å². The van der Waals surface area contributed by atoms with Crippen molar-refractivity contribution in [2.45, 2.75) is 25.5 Å². The van der Waals surface area contributed by atoms with Crippen molar-refractivity contribution in [3.05, 3.63) is 83.4 Å². The molecule has 0 amide bonds. The van der Waals surface area contributed by atoms with Gasteiger partial charge in [0.2, 0.25) is 5.82 Å². The second kappa shape index (κ2) is 10.1. The molecule has 0 spiro atoms. The molecule has 8 heteroatoms. The predicted molar refractivity (Wildman–Crippen MR) is 128 cm³/mol. The molecule has 0 bridgehead atoms. The zero-order chi connectivity index (χ0) is 23.3. The topological polar surface area (TPSA) is 86.5 Å². The number of esters is 1. The van der Waals surface area contributed by atoms with E-state index in [9.17, 15) is 4.79 Å². The molecule has 2 heterocycles. The molecule has 1 fully saturated rings. The van der Waals surface area contributed by atoms with Crippen molar-refractivity contribution in [2.24, 2.45) is 0 Å². The van der Waals surface area contributed by atoms with Gasteiger partial charge in [-0.1, -0.05) is 41.0 Å². The first-order valence-corrected chi connectivity index (χ1v) is 11.4. The average Bonchev–Trinajstić information content (AvgIpc) is 3.57. The lowest BCUT2D eigenvalue weighted by Gasteiger charge is -2.11. The Hall–Kier alpha value is -3.68. The zero-order valence-electron chi connectivity index (χ0n) is 18.2. The van der Waals surface area contributed by atoms with Gasteiger partial charge in [0.1, 0.15) is 24.1 Å². The van der Waals surface area contributed by atoms with E-state index < -0.39 is 0 Å². The van der Waals surface area contributed by atoms with Crippen LogP contribution in [0.5, 0.6) is 11.5 Å². The van der Waals surface area contributed by atoms with Gasteiger partial charge in [0.15, 0.2) is 0 Å². The third-order valence-electron chi connectivity index (χ3n) is 5.51. The first-order valence-electron chi connectivity index (χ1n) is 11.0. The molecule has 0 radical (unpaired) electrons. The van der Waals surface area contributed by atoms with Crippen LogP contribution in [0.3, 0.4) is 0 Å². The highest BCUT2D eigenvalue weighted by atomic mass is 35.5. The van der Waals surface area contributed by atoms with E-state index in [1.165, 1.54) is 0 Å². The van der Waals surface area contributed by atoms with Crippen molar-refractivity contribution in [3.8, 4) is 34.3 Å². The highest BCUT2D eigenvalue weighted by Crippen LogP contribution is 2.30. The standard InChI is InChI=1S/C26H22ClN3O4/c27-22-15-17(16-32-26(31)23-7-4-14-28-23)8-13-21(22)24-29-25(34-30-24)18-9-11-20(12-10-18)33-19-5-2-1-3-6-19/h1-3,5-6,8-13,15,23,28H,4,7,14,16H2/t23-/m0/s1. The van der Waals surface area contributed by atoms with E-state index in [1.54, 1.807) is 12.1 Å². The molecule has 1 N–H and O–H groups in total. The monoisotopic (exact) mass is 475 g/mol. The third kappa shape index (κ3) is 5.11. The van der Waals surface area contributed by atoms with Gasteiger partial charge >= 0.3 is 5.97 Å². The van der Waals surface area contributed by atoms with Gasteiger partial charge in [-0.3, -0.25) is 4.79 Å². The van der Waals surface area contributed by atoms with Crippen molar-refractivity contribution in [3.63, 3.8) is 0 Å². The Labute approximate surface area is 201 Å². The lowest BCUT2D eigenvalue weighted by atomic mass is 10.1. The van der Waals surface area contributed by atoms with E-state index in [1.807, 2.05) is 60.7 Å². The normalized spacial score (nSPS) is 15.3. The van der Waals surface area contributed by atoms with Crippen molar-refractivity contribution >= 4 is 17.6 Å². The largest absolute Gasteiger partial charge is 0.460 e. The minimum Gasteiger partial charge on any atom is -0.460 e. The van der Waals surface area contributed by atoms with Gasteiger partial charge in [-0.2, -0.15) is 4.98 Å². The molecular weight excluding hydrogens is 454 g/mol. The van der Waals surface area contributed by atoms with Gasteiger partial charge in [-0.05, 0) is 73.5 Å². The van der Waals surface area contributed by atoms with E-state index >= 15 is 0 Å². The Morgan fingerprint density at radius 1 is 1.06 bits per heavy atom. The Kier molecular flexibility index (Phi) is 6.56. The molecule has 1 aliphatic rings. The molecule has 0 aliphatic carbocycles. The molecular formula is C26H22ClN3O4. The number of halogens is 1. The molecule has 7 nitrogen and oxygen atoms in total. The summed E-state index contributed by atoms with van der Waals surface area (Å²) in [6.07, 6.45) is 1.79. The summed E-state index contributed by atoms with van der Waals surface area (Å²) in [6.45, 7) is 1.00. The van der Waals surface area contributed by atoms with Crippen molar-refractivity contribution < 1.29 is 18.8 Å². The SMILES string of the molecule is O=C(OCc1ccc(-c2noc(-c3ccc(Oc4ccccc4)cc3)n2)c(Cl)c1)[C@@H]1CCCN1. The Balaban J connectivity index is 1.24. The fourth-order valence-electron chi connectivity index (χ4n) is 3.71. The van der Waals surface area contributed by atoms with Gasteiger partial charge < -0.3 is 19.3 Å². The number of carbonyl (C=O) groups excluding carboxylic acids is 1. The molecule has 1 saturated heterocycles. The number of carbonyl (C=O) groups is 1. The lowest BCUT2D eigenvalue weighted by Crippen LogP contribution is -2.32. The first-order chi connectivity index (χ1) is 16.7. The molecule has 34 heavy (non-hydrogen) atoms. The van der Waals surface area contributed by atoms with E-state index in [4.69, 9.17) is 25.6 Å². The number of benzene rings is 3. The summed E-state index contributed by atoms with van der Waals surface area (Å²) in [5.41, 5.74) is 2.19. The highest BCUT2D eigenvalue weighted by Gasteiger charge is 2.23. The maximum Gasteiger partial charge on any atom is 0.323 e. The van der Waals surface area contributed by atoms with E-state index in [2.05, 4.69) is 15.5 Å². The van der Waals surface area contributed by atoms with E-state index in [0.29, 0.717) is 28.1 Å². The van der Waals surface area contributed by atoms with E-state index in [0.717, 1.165) is 36.3 Å². The number of hydrogen-bond acceptors (Lipinski definition) is 7. The molecule has 1 atom stereocenters. The Morgan fingerprint density at radius 3 is 2.59 bits per heavy atom. The zero-order valence-corrected chi connectivity index (χ0v) is 19.0. The molecule has 5 rings (SSSR count). The summed E-state index contributed by atoms with van der Waals surface area (Å²) in [4.78, 5) is 16.6. The fourth-order valence-corrected chi connectivity index (χ4v) is 4.00. The fraction of sp³-hybridized carbons (Fsp3) is 0.192. The second-order valence-electron chi connectivity index (χ2n) is 7.93. The van der Waals surface area contributed by atoms with Crippen LogP contribution >= 0.6 is 11.6 Å². The lowest BCUT2D eigenvalue weighted by molar-refractivity contribution is -0.147. The quantitative estimate of drug-likeness (QED) is 0.346. The predicted octanol–water partition coefficient (Wildman–Crippen LogP) is 5.64. The number of nitrogens with one attached hydrogen (secondary N) is 1. The molecule has 172 valence electrons. The first kappa shape index (κ1) is 22.1. The molecule has 1 aromatic heterocycles. The van der Waals surface area contributed by atoms with Gasteiger partial charge in [-0.25, -0.2) is 0 Å². The van der Waals surface area contributed by atoms with Crippen LogP contribution < -0.4 is 10.1 Å². The van der Waals surface area contributed by atoms with Crippen LogP contribution in [0.25, 0.3) is 22.8 Å². The summed E-state index contributed by atoms with van der Waals surface area (Å²) >= 11 is 6.47. The highest BCUT2D eigenvalue weighted by molar-refractivity contribution is 6.33. The maximum atomic E-state index is 12.1. The molecule has 0 unspecified atom stereocenters. The summed E-state index contributed by atoms with van der Waals surface area (Å²) in [7, 11) is 0. The van der Waals surface area contributed by atoms with E-state index in [-0.39, 0.29) is 18.6 Å². The summed E-state index contributed by atoms with van der Waals surface area (Å²) in [6, 6.07) is 22.1.